The molecule has 3 aliphatic heterocycles. The van der Waals surface area contributed by atoms with E-state index in [0.717, 1.165) is 91.2 Å². The van der Waals surface area contributed by atoms with Gasteiger partial charge in [-0.1, -0.05) is 182 Å². The van der Waals surface area contributed by atoms with Crippen LogP contribution in [0.4, 0.5) is 0 Å². The number of methoxy groups -OCH3 is 2. The van der Waals surface area contributed by atoms with Gasteiger partial charge in [-0.05, 0) is 26.8 Å². The second-order valence-corrected chi connectivity index (χ2v) is 13.5. The van der Waals surface area contributed by atoms with Gasteiger partial charge >= 0.3 is 29.8 Å². The van der Waals surface area contributed by atoms with Crippen molar-refractivity contribution in [2.45, 2.75) is 196 Å². The number of nitrogens with one attached hydrogen (secondary N) is 3. The maximum Gasteiger partial charge on any atom is 0.344 e. The first-order valence-corrected chi connectivity index (χ1v) is 22.4. The van der Waals surface area contributed by atoms with E-state index in [-0.39, 0.29) is 227 Å². The molecule has 0 unspecified atom stereocenters. The monoisotopic (exact) mass is 1330 g/mol. The number of carbonyl (C=O) groups excluding carboxylic acids is 8. The molecule has 3 saturated heterocycles. The number of hydrogen-bond acceptors (Lipinski definition) is 24. The Kier molecular flexibility index (Phi) is 261. The molecule has 0 radical (unpaired) electrons. The van der Waals surface area contributed by atoms with E-state index in [1.165, 1.54) is 20.6 Å². The average molecular weight is 1330 g/mol. The van der Waals surface area contributed by atoms with Crippen molar-refractivity contribution in [3.05, 3.63) is 38.0 Å². The van der Waals surface area contributed by atoms with Gasteiger partial charge in [-0.15, -0.1) is 13.2 Å². The number of ether oxygens (including phenoxy) is 10. The maximum atomic E-state index is 11.8. The van der Waals surface area contributed by atoms with Crippen LogP contribution in [0.15, 0.2) is 38.0 Å². The number of nitrogens with zero attached hydrogens (tertiary/aromatic N) is 3. The summed E-state index contributed by atoms with van der Waals surface area (Å²) in [5.41, 5.74) is 0. The van der Waals surface area contributed by atoms with Crippen LogP contribution < -0.4 is 16.0 Å². The first kappa shape index (κ1) is 166. The summed E-state index contributed by atoms with van der Waals surface area (Å²) in [6.45, 7) is 31.2. The summed E-state index contributed by atoms with van der Waals surface area (Å²) >= 11 is 0. The number of esters is 5. The largest absolute Gasteiger partial charge is 0.461 e. The predicted octanol–water partition coefficient (Wildman–Crippen LogP) is 13.2. The minimum Gasteiger partial charge on any atom is -0.461 e. The fraction of sp³-hybridized carbons (Fsp3) is 0.788. The molecule has 3 rings (SSSR count). The average Bonchev–Trinajstić information content (AvgIpc) is 3.36. The molecule has 0 aliphatic carbocycles. The van der Waals surface area contributed by atoms with E-state index >= 15 is 0 Å². The van der Waals surface area contributed by atoms with Gasteiger partial charge in [-0.25, -0.2) is 14.4 Å². The Labute approximate surface area is 563 Å². The van der Waals surface area contributed by atoms with Crippen molar-refractivity contribution in [3.63, 3.8) is 0 Å². The summed E-state index contributed by atoms with van der Waals surface area (Å²) in [6.07, 6.45) is 6.33. The molecule has 90 heavy (non-hydrogen) atoms. The zero-order chi connectivity index (χ0) is 52.4. The van der Waals surface area contributed by atoms with Gasteiger partial charge in [0.1, 0.15) is 13.2 Å². The van der Waals surface area contributed by atoms with Crippen LogP contribution in [0.3, 0.4) is 0 Å². The van der Waals surface area contributed by atoms with Crippen LogP contribution in [0.5, 0.6) is 0 Å². The third-order valence-corrected chi connectivity index (χ3v) is 8.02. The zero-order valence-electron chi connectivity index (χ0n) is 41.7. The Balaban J connectivity index is -0.0000000252. The van der Waals surface area contributed by atoms with Gasteiger partial charge in [-0.3, -0.25) is 24.0 Å². The van der Waals surface area contributed by atoms with E-state index < -0.39 is 17.9 Å². The van der Waals surface area contributed by atoms with Gasteiger partial charge in [0.25, 0.3) is 19.4 Å². The summed E-state index contributed by atoms with van der Waals surface area (Å²) < 4.78 is 44.8. The van der Waals surface area contributed by atoms with Crippen LogP contribution in [-0.4, -0.2) is 230 Å². The molecule has 3 N–H and O–H groups in total. The molecule has 568 valence electrons. The normalized spacial score (nSPS) is 10.6. The Morgan fingerprint density at radius 1 is 0.389 bits per heavy atom. The molecule has 3 heterocycles. The van der Waals surface area contributed by atoms with Crippen LogP contribution >= 0.6 is 0 Å². The lowest BCUT2D eigenvalue weighted by Gasteiger charge is -2.34. The van der Waals surface area contributed by atoms with Crippen LogP contribution in [0.25, 0.3) is 0 Å². The van der Waals surface area contributed by atoms with Crippen molar-refractivity contribution in [1.82, 2.24) is 30.7 Å². The lowest BCUT2D eigenvalue weighted by molar-refractivity contribution is -0.168. The molecule has 0 spiro atoms. The number of hydrogen-bond donors (Lipinski definition) is 3. The van der Waals surface area contributed by atoms with Crippen molar-refractivity contribution in [3.8, 4) is 0 Å². The number of rotatable bonds is 26. The Morgan fingerprint density at radius 2 is 0.678 bits per heavy atom. The van der Waals surface area contributed by atoms with Gasteiger partial charge in [0.2, 0.25) is 13.6 Å². The number of allylic oxidation sites excluding steroid dienone is 2. The van der Waals surface area contributed by atoms with Gasteiger partial charge in [0.05, 0.1) is 26.1 Å². The molecule has 3 aliphatic rings. The maximum absolute atomic E-state index is 11.8. The summed E-state index contributed by atoms with van der Waals surface area (Å²) in [5, 5.41) is 9.72. The molecule has 0 aromatic heterocycles. The van der Waals surface area contributed by atoms with E-state index in [0.29, 0.717) is 39.1 Å². The van der Waals surface area contributed by atoms with Crippen LogP contribution in [0, 0.1) is 0 Å². The highest BCUT2D eigenvalue weighted by Gasteiger charge is 2.17. The smallest absolute Gasteiger partial charge is 0.344 e. The molecule has 24 heteroatoms. The topological polar surface area (TPSA) is 275 Å². The second-order valence-electron chi connectivity index (χ2n) is 13.5. The zero-order valence-corrected chi connectivity index (χ0v) is 41.7. The van der Waals surface area contributed by atoms with E-state index in [2.05, 4.69) is 95.2 Å². The summed E-state index contributed by atoms with van der Waals surface area (Å²) in [6, 6.07) is 0. The second kappa shape index (κ2) is 141. The first-order valence-electron chi connectivity index (χ1n) is 22.4. The van der Waals surface area contributed by atoms with Gasteiger partial charge in [-0.2, -0.15) is 0 Å². The Hall–Kier alpha value is -5.34. The Bertz CT molecular complexity index is 1260. The van der Waals surface area contributed by atoms with Crippen molar-refractivity contribution < 1.29 is 85.7 Å². The lowest BCUT2D eigenvalue weighted by Crippen LogP contribution is -2.47. The minimum atomic E-state index is -0.614. The predicted molar refractivity (Wildman–Crippen MR) is 396 cm³/mol. The fourth-order valence-electron chi connectivity index (χ4n) is 4.84. The minimum absolute atomic E-state index is 0. The first-order chi connectivity index (χ1) is 33.4. The number of carbonyl (C=O) groups is 8. The third-order valence-electron chi connectivity index (χ3n) is 8.02. The molecule has 24 nitrogen and oxygen atoms in total. The van der Waals surface area contributed by atoms with Crippen LogP contribution in [0.2, 0.25) is 0 Å². The SMILES string of the molecule is C.C.C.C.C.C.C.C.C.C.C.C.C.C.C.C.C.C.C.C.C.C1CNCCN1.C=CC.C=CC.C=CC(=O)OCOC=O.CCCN1CCN(CCC(=O)OCOC(=O)CCN2CCNCC2)CC1.COCCOC(=O)COC=O.COCCOC(=O)COC=O. The third kappa shape index (κ3) is 140. The molecule has 0 saturated carbocycles. The molecule has 0 aromatic carbocycles. The molecular formula is C66H166N6O18. The molecule has 0 bridgehead atoms. The molecule has 0 atom stereocenters. The molecule has 0 amide bonds. The van der Waals surface area contributed by atoms with Gasteiger partial charge < -0.3 is 78.0 Å². The molecule has 0 aromatic rings. The van der Waals surface area contributed by atoms with Crippen molar-refractivity contribution in [1.29, 1.82) is 0 Å². The van der Waals surface area contributed by atoms with Gasteiger partial charge in [0.15, 0.2) is 13.2 Å². The molecular weight excluding hydrogens is 1160 g/mol. The van der Waals surface area contributed by atoms with Crippen molar-refractivity contribution >= 4 is 49.3 Å². The highest BCUT2D eigenvalue weighted by molar-refractivity contribution is 5.81. The summed E-state index contributed by atoms with van der Waals surface area (Å²) in [5.74, 6) is -2.39. The van der Waals surface area contributed by atoms with Crippen LogP contribution in [0.1, 0.15) is 196 Å². The highest BCUT2D eigenvalue weighted by atomic mass is 16.7. The van der Waals surface area contributed by atoms with E-state index in [1.54, 1.807) is 12.2 Å². The van der Waals surface area contributed by atoms with Crippen molar-refractivity contribution in [2.24, 2.45) is 0 Å². The Morgan fingerprint density at radius 3 is 0.944 bits per heavy atom. The van der Waals surface area contributed by atoms with Gasteiger partial charge in [0, 0.05) is 112 Å². The van der Waals surface area contributed by atoms with Crippen molar-refractivity contribution in [2.75, 3.05) is 166 Å². The standard InChI is InChI=1S/C18H34N4O4.2C6H10O5.C5H6O4.C4H10N2.2C3H6.21CH4/c1-2-7-20-12-14-22(15-13-20)9-4-18(24)26-16-25-17(23)3-8-21-10-5-19-6-11-21;2*1-9-2-3-11-6(8)4-10-5-7;1-2-5(7)9-4-8-3-6;1-2-6-4-3-5-1;2*1-3-2;;;;;;;;;;;;;;;;;;;;;/h19H,2-16H2,1H3;2*5H,2-4H2,1H3;2-3H,1,4H2;5-6H,1-4H2;2*3H,1H2,2H3;21*1H4. The van der Waals surface area contributed by atoms with E-state index in [4.69, 9.17) is 9.47 Å². The van der Waals surface area contributed by atoms with E-state index in [1.807, 2.05) is 13.8 Å². The lowest BCUT2D eigenvalue weighted by atomic mass is 10.2. The fourth-order valence-corrected chi connectivity index (χ4v) is 4.84. The molecule has 3 fully saturated rings. The van der Waals surface area contributed by atoms with E-state index in [9.17, 15) is 38.4 Å². The number of piperazine rings is 3. The summed E-state index contributed by atoms with van der Waals surface area (Å²) in [4.78, 5) is 90.2. The van der Waals surface area contributed by atoms with Crippen LogP contribution in [-0.2, 0) is 85.7 Å². The highest BCUT2D eigenvalue weighted by Crippen LogP contribution is 2.04. The summed E-state index contributed by atoms with van der Waals surface area (Å²) in [7, 11) is 2.99. The quantitative estimate of drug-likeness (QED) is 0.0138.